The highest BCUT2D eigenvalue weighted by Crippen LogP contribution is 2.28. The predicted octanol–water partition coefficient (Wildman–Crippen LogP) is 3.48. The number of rotatable bonds is 7. The Balaban J connectivity index is 1.58. The minimum Gasteiger partial charge on any atom is -0.495 e. The van der Waals surface area contributed by atoms with Gasteiger partial charge in [-0.2, -0.15) is 0 Å². The molecule has 0 aromatic heterocycles. The van der Waals surface area contributed by atoms with Crippen molar-refractivity contribution < 1.29 is 24.0 Å². The van der Waals surface area contributed by atoms with Gasteiger partial charge in [-0.3, -0.25) is 19.7 Å². The largest absolute Gasteiger partial charge is 0.495 e. The number of carbonyl (C=O) groups is 2. The maximum absolute atomic E-state index is 12.1. The molecule has 1 amide bonds. The number of nitrogens with one attached hydrogen (secondary N) is 1. The van der Waals surface area contributed by atoms with Gasteiger partial charge in [0.1, 0.15) is 5.75 Å². The van der Waals surface area contributed by atoms with Crippen LogP contribution >= 0.6 is 0 Å². The van der Waals surface area contributed by atoms with E-state index in [1.54, 1.807) is 0 Å². The lowest BCUT2D eigenvalue weighted by Gasteiger charge is -2.10. The van der Waals surface area contributed by atoms with Gasteiger partial charge in [-0.05, 0) is 22.4 Å². The van der Waals surface area contributed by atoms with Crippen LogP contribution in [0.4, 0.5) is 11.4 Å². The molecule has 0 radical (unpaired) electrons. The summed E-state index contributed by atoms with van der Waals surface area (Å²) in [5.41, 5.74) is 0.695. The van der Waals surface area contributed by atoms with E-state index in [1.165, 1.54) is 25.3 Å². The zero-order chi connectivity index (χ0) is 20.8. The Bertz CT molecular complexity index is 1080. The van der Waals surface area contributed by atoms with Crippen molar-refractivity contribution >= 4 is 34.0 Å². The second kappa shape index (κ2) is 8.83. The molecule has 0 saturated carbocycles. The first kappa shape index (κ1) is 19.8. The Hall–Kier alpha value is -3.94. The molecule has 0 aliphatic heterocycles. The summed E-state index contributed by atoms with van der Waals surface area (Å²) in [7, 11) is 1.38. The third kappa shape index (κ3) is 5.07. The number of esters is 1. The molecule has 0 atom stereocenters. The Morgan fingerprint density at radius 1 is 1.03 bits per heavy atom. The van der Waals surface area contributed by atoms with Crippen LogP contribution in [-0.2, 0) is 20.7 Å². The summed E-state index contributed by atoms with van der Waals surface area (Å²) in [6.45, 7) is -0.516. The second-order valence-electron chi connectivity index (χ2n) is 6.21. The molecule has 0 fully saturated rings. The summed E-state index contributed by atoms with van der Waals surface area (Å²) >= 11 is 0. The van der Waals surface area contributed by atoms with Crippen LogP contribution in [0, 0.1) is 10.1 Å². The number of hydrogen-bond acceptors (Lipinski definition) is 6. The topological polar surface area (TPSA) is 108 Å². The molecular formula is C21H18N2O6. The van der Waals surface area contributed by atoms with Crippen molar-refractivity contribution in [1.29, 1.82) is 0 Å². The fraction of sp³-hybridized carbons (Fsp3) is 0.143. The average Bonchev–Trinajstić information content (AvgIpc) is 2.72. The van der Waals surface area contributed by atoms with Crippen molar-refractivity contribution in [1.82, 2.24) is 0 Å². The first-order chi connectivity index (χ1) is 14.0. The summed E-state index contributed by atoms with van der Waals surface area (Å²) in [4.78, 5) is 34.4. The van der Waals surface area contributed by atoms with E-state index in [-0.39, 0.29) is 23.5 Å². The predicted molar refractivity (Wildman–Crippen MR) is 107 cm³/mol. The van der Waals surface area contributed by atoms with E-state index in [0.29, 0.717) is 0 Å². The lowest BCUT2D eigenvalue weighted by Crippen LogP contribution is -2.22. The number of nitro benzene ring substituents is 1. The van der Waals surface area contributed by atoms with Crippen molar-refractivity contribution in [3.8, 4) is 5.75 Å². The Labute approximate surface area is 166 Å². The first-order valence-corrected chi connectivity index (χ1v) is 8.72. The van der Waals surface area contributed by atoms with Crippen LogP contribution in [0.15, 0.2) is 60.7 Å². The minimum absolute atomic E-state index is 0.0260. The number of amides is 1. The van der Waals surface area contributed by atoms with Crippen LogP contribution in [-0.4, -0.2) is 30.5 Å². The lowest BCUT2D eigenvalue weighted by molar-refractivity contribution is -0.384. The van der Waals surface area contributed by atoms with E-state index in [2.05, 4.69) is 5.32 Å². The highest BCUT2D eigenvalue weighted by atomic mass is 16.6. The van der Waals surface area contributed by atoms with Gasteiger partial charge in [-0.25, -0.2) is 0 Å². The number of fused-ring (bicyclic) bond motifs is 1. The van der Waals surface area contributed by atoms with Gasteiger partial charge in [0.15, 0.2) is 6.61 Å². The lowest BCUT2D eigenvalue weighted by atomic mass is 10.1. The van der Waals surface area contributed by atoms with Crippen molar-refractivity contribution in [2.24, 2.45) is 0 Å². The molecule has 8 heteroatoms. The summed E-state index contributed by atoms with van der Waals surface area (Å²) in [5.74, 6) is -0.927. The van der Waals surface area contributed by atoms with E-state index < -0.39 is 23.4 Å². The standard InChI is InChI=1S/C21H18N2O6/c1-28-19-9-8-17(23(26)27)12-18(19)22-20(24)13-29-21(25)11-14-6-7-15-4-2-3-5-16(15)10-14/h2-10,12H,11,13H2,1H3,(H,22,24). The number of hydrogen-bond donors (Lipinski definition) is 1. The van der Waals surface area contributed by atoms with Gasteiger partial charge in [-0.15, -0.1) is 0 Å². The average molecular weight is 394 g/mol. The number of anilines is 1. The molecule has 3 aromatic carbocycles. The molecule has 29 heavy (non-hydrogen) atoms. The fourth-order valence-corrected chi connectivity index (χ4v) is 2.81. The van der Waals surface area contributed by atoms with Crippen LogP contribution in [0.1, 0.15) is 5.56 Å². The van der Waals surface area contributed by atoms with E-state index >= 15 is 0 Å². The molecule has 3 aromatic rings. The number of non-ortho nitro benzene ring substituents is 1. The monoisotopic (exact) mass is 394 g/mol. The second-order valence-corrected chi connectivity index (χ2v) is 6.21. The van der Waals surface area contributed by atoms with Gasteiger partial charge in [0, 0.05) is 12.1 Å². The number of ether oxygens (including phenoxy) is 2. The van der Waals surface area contributed by atoms with Gasteiger partial charge in [-0.1, -0.05) is 42.5 Å². The van der Waals surface area contributed by atoms with E-state index in [9.17, 15) is 19.7 Å². The third-order valence-electron chi connectivity index (χ3n) is 4.19. The smallest absolute Gasteiger partial charge is 0.310 e. The number of nitrogens with zero attached hydrogens (tertiary/aromatic N) is 1. The quantitative estimate of drug-likeness (QED) is 0.373. The number of benzene rings is 3. The summed E-state index contributed by atoms with van der Waals surface area (Å²) in [5, 5.41) is 15.4. The molecular weight excluding hydrogens is 376 g/mol. The van der Waals surface area contributed by atoms with Crippen molar-refractivity contribution in [2.75, 3.05) is 19.0 Å². The minimum atomic E-state index is -0.629. The van der Waals surface area contributed by atoms with Gasteiger partial charge in [0.05, 0.1) is 24.1 Å². The van der Waals surface area contributed by atoms with Gasteiger partial charge >= 0.3 is 5.97 Å². The molecule has 0 spiro atoms. The Morgan fingerprint density at radius 2 is 1.79 bits per heavy atom. The van der Waals surface area contributed by atoms with Crippen LogP contribution in [0.3, 0.4) is 0 Å². The SMILES string of the molecule is COc1ccc([N+](=O)[O-])cc1NC(=O)COC(=O)Cc1ccc2ccccc2c1. The first-order valence-electron chi connectivity index (χ1n) is 8.72. The zero-order valence-corrected chi connectivity index (χ0v) is 15.6. The summed E-state index contributed by atoms with van der Waals surface area (Å²) in [6.07, 6.45) is 0.0260. The van der Waals surface area contributed by atoms with E-state index in [1.807, 2.05) is 42.5 Å². The highest BCUT2D eigenvalue weighted by molar-refractivity contribution is 5.94. The summed E-state index contributed by atoms with van der Waals surface area (Å²) in [6, 6.07) is 17.2. The summed E-state index contributed by atoms with van der Waals surface area (Å²) < 4.78 is 10.1. The molecule has 1 N–H and O–H groups in total. The maximum atomic E-state index is 12.1. The number of methoxy groups -OCH3 is 1. The molecule has 3 rings (SSSR count). The van der Waals surface area contributed by atoms with Crippen molar-refractivity contribution in [3.05, 3.63) is 76.3 Å². The van der Waals surface area contributed by atoms with Crippen LogP contribution < -0.4 is 10.1 Å². The zero-order valence-electron chi connectivity index (χ0n) is 15.6. The van der Waals surface area contributed by atoms with Gasteiger partial charge in [0.25, 0.3) is 11.6 Å². The van der Waals surface area contributed by atoms with Crippen LogP contribution in [0.5, 0.6) is 5.75 Å². The molecule has 148 valence electrons. The van der Waals surface area contributed by atoms with E-state index in [0.717, 1.165) is 16.3 Å². The molecule has 0 aliphatic carbocycles. The van der Waals surface area contributed by atoms with Crippen LogP contribution in [0.25, 0.3) is 10.8 Å². The molecule has 0 heterocycles. The van der Waals surface area contributed by atoms with Crippen molar-refractivity contribution in [2.45, 2.75) is 6.42 Å². The van der Waals surface area contributed by atoms with Crippen LogP contribution in [0.2, 0.25) is 0 Å². The normalized spacial score (nSPS) is 10.4. The molecule has 0 aliphatic rings. The Morgan fingerprint density at radius 3 is 2.52 bits per heavy atom. The third-order valence-corrected chi connectivity index (χ3v) is 4.19. The fourth-order valence-electron chi connectivity index (χ4n) is 2.81. The van der Waals surface area contributed by atoms with Crippen molar-refractivity contribution in [3.63, 3.8) is 0 Å². The molecule has 0 saturated heterocycles. The van der Waals surface area contributed by atoms with Gasteiger partial charge < -0.3 is 14.8 Å². The maximum Gasteiger partial charge on any atom is 0.310 e. The molecule has 8 nitrogen and oxygen atoms in total. The van der Waals surface area contributed by atoms with Gasteiger partial charge in [0.2, 0.25) is 0 Å². The number of nitro groups is 1. The number of carbonyl (C=O) groups excluding carboxylic acids is 2. The Kier molecular flexibility index (Phi) is 6.03. The highest BCUT2D eigenvalue weighted by Gasteiger charge is 2.15. The van der Waals surface area contributed by atoms with E-state index in [4.69, 9.17) is 9.47 Å². The molecule has 0 bridgehead atoms. The molecule has 0 unspecified atom stereocenters.